The number of aromatic hydroxyl groups is 1. The predicted octanol–water partition coefficient (Wildman–Crippen LogP) is 1.37. The topological polar surface area (TPSA) is 55.5 Å². The van der Waals surface area contributed by atoms with E-state index in [2.05, 4.69) is 0 Å². The number of halogens is 1. The number of benzene rings is 1. The van der Waals surface area contributed by atoms with Crippen LogP contribution in [0.1, 0.15) is 11.6 Å². The normalized spacial score (nSPS) is 12.5. The fourth-order valence-corrected chi connectivity index (χ4v) is 1.16. The fourth-order valence-electron chi connectivity index (χ4n) is 1.16. The van der Waals surface area contributed by atoms with Gasteiger partial charge in [-0.1, -0.05) is 6.07 Å². The average molecular weight is 185 g/mol. The third-order valence-corrected chi connectivity index (χ3v) is 1.80. The number of hydrogen-bond acceptors (Lipinski definition) is 3. The molecule has 1 aromatic rings. The minimum atomic E-state index is -0.837. The first-order valence-electron chi connectivity index (χ1n) is 3.88. The summed E-state index contributed by atoms with van der Waals surface area (Å²) in [7, 11) is 1.45. The number of rotatable bonds is 3. The van der Waals surface area contributed by atoms with Gasteiger partial charge in [0, 0.05) is 0 Å². The molecule has 0 aliphatic rings. The van der Waals surface area contributed by atoms with Gasteiger partial charge in [-0.15, -0.1) is 0 Å². The van der Waals surface area contributed by atoms with Gasteiger partial charge in [-0.3, -0.25) is 0 Å². The van der Waals surface area contributed by atoms with Crippen molar-refractivity contribution < 1.29 is 14.2 Å². The first-order valence-corrected chi connectivity index (χ1v) is 3.88. The zero-order chi connectivity index (χ0) is 9.84. The summed E-state index contributed by atoms with van der Waals surface area (Å²) in [5.41, 5.74) is 5.77. The van der Waals surface area contributed by atoms with E-state index < -0.39 is 12.7 Å². The summed E-state index contributed by atoms with van der Waals surface area (Å²) in [6, 6.07) is 3.86. The zero-order valence-corrected chi connectivity index (χ0v) is 7.33. The number of phenolic OH excluding ortho intramolecular Hbond substituents is 1. The van der Waals surface area contributed by atoms with E-state index in [4.69, 9.17) is 10.5 Å². The first kappa shape index (κ1) is 9.80. The summed E-state index contributed by atoms with van der Waals surface area (Å²) in [5, 5.41) is 9.40. The molecule has 3 N–H and O–H groups in total. The molecule has 72 valence electrons. The highest BCUT2D eigenvalue weighted by atomic mass is 19.1. The Balaban J connectivity index is 3.14. The molecule has 0 amide bonds. The maximum Gasteiger partial charge on any atom is 0.127 e. The molecule has 1 rings (SSSR count). The lowest BCUT2D eigenvalue weighted by Gasteiger charge is -2.13. The van der Waals surface area contributed by atoms with E-state index in [9.17, 15) is 9.50 Å². The molecule has 0 heterocycles. The lowest BCUT2D eigenvalue weighted by molar-refractivity contribution is 0.374. The maximum atomic E-state index is 12.3. The van der Waals surface area contributed by atoms with Crippen molar-refractivity contribution in [3.63, 3.8) is 0 Å². The van der Waals surface area contributed by atoms with E-state index in [0.717, 1.165) is 0 Å². The molecule has 0 spiro atoms. The second-order valence-corrected chi connectivity index (χ2v) is 2.65. The lowest BCUT2D eigenvalue weighted by Crippen LogP contribution is -2.13. The fraction of sp³-hybridized carbons (Fsp3) is 0.333. The SMILES string of the molecule is COc1cccc(O)c1C(N)CF. The van der Waals surface area contributed by atoms with Gasteiger partial charge in [-0.2, -0.15) is 0 Å². The molecule has 3 nitrogen and oxygen atoms in total. The van der Waals surface area contributed by atoms with Crippen LogP contribution in [-0.4, -0.2) is 18.9 Å². The van der Waals surface area contributed by atoms with Crippen LogP contribution in [0.15, 0.2) is 18.2 Å². The lowest BCUT2D eigenvalue weighted by atomic mass is 10.1. The number of phenols is 1. The van der Waals surface area contributed by atoms with Crippen LogP contribution in [0.25, 0.3) is 0 Å². The second kappa shape index (κ2) is 4.09. The Morgan fingerprint density at radius 2 is 2.31 bits per heavy atom. The van der Waals surface area contributed by atoms with Crippen molar-refractivity contribution in [1.29, 1.82) is 0 Å². The summed E-state index contributed by atoms with van der Waals surface area (Å²) in [6.45, 7) is -0.728. The number of methoxy groups -OCH3 is 1. The van der Waals surface area contributed by atoms with E-state index in [1.54, 1.807) is 12.1 Å². The highest BCUT2D eigenvalue weighted by Gasteiger charge is 2.15. The number of nitrogens with two attached hydrogens (primary N) is 1. The molecule has 0 aliphatic heterocycles. The van der Waals surface area contributed by atoms with Crippen LogP contribution in [0.2, 0.25) is 0 Å². The molecule has 0 bridgehead atoms. The van der Waals surface area contributed by atoms with E-state index in [1.807, 2.05) is 0 Å². The smallest absolute Gasteiger partial charge is 0.127 e. The Bertz CT molecular complexity index is 291. The van der Waals surface area contributed by atoms with Gasteiger partial charge in [-0.05, 0) is 12.1 Å². The molecule has 0 aromatic heterocycles. The van der Waals surface area contributed by atoms with Gasteiger partial charge in [0.05, 0.1) is 18.7 Å². The molecular weight excluding hydrogens is 173 g/mol. The molecule has 0 saturated heterocycles. The van der Waals surface area contributed by atoms with Crippen molar-refractivity contribution in [1.82, 2.24) is 0 Å². The monoisotopic (exact) mass is 185 g/mol. The molecule has 0 radical (unpaired) electrons. The van der Waals surface area contributed by atoms with Gasteiger partial charge in [0.25, 0.3) is 0 Å². The number of alkyl halides is 1. The summed E-state index contributed by atoms with van der Waals surface area (Å²) in [4.78, 5) is 0. The van der Waals surface area contributed by atoms with Gasteiger partial charge in [0.2, 0.25) is 0 Å². The van der Waals surface area contributed by atoms with Gasteiger partial charge in [0.1, 0.15) is 18.2 Å². The van der Waals surface area contributed by atoms with Crippen molar-refractivity contribution in [2.75, 3.05) is 13.8 Å². The van der Waals surface area contributed by atoms with Crippen LogP contribution in [0.3, 0.4) is 0 Å². The molecule has 1 atom stereocenters. The largest absolute Gasteiger partial charge is 0.507 e. The van der Waals surface area contributed by atoms with Gasteiger partial charge < -0.3 is 15.6 Å². The highest BCUT2D eigenvalue weighted by molar-refractivity contribution is 5.45. The molecule has 0 saturated carbocycles. The van der Waals surface area contributed by atoms with Crippen molar-refractivity contribution in [2.45, 2.75) is 6.04 Å². The van der Waals surface area contributed by atoms with Crippen LogP contribution in [-0.2, 0) is 0 Å². The quantitative estimate of drug-likeness (QED) is 0.747. The van der Waals surface area contributed by atoms with Gasteiger partial charge in [-0.25, -0.2) is 4.39 Å². The van der Waals surface area contributed by atoms with Crippen LogP contribution in [0.4, 0.5) is 4.39 Å². The summed E-state index contributed by atoms with van der Waals surface area (Å²) < 4.78 is 17.2. The van der Waals surface area contributed by atoms with E-state index in [1.165, 1.54) is 13.2 Å². The number of hydrogen-bond donors (Lipinski definition) is 2. The Morgan fingerprint density at radius 3 is 2.85 bits per heavy atom. The van der Waals surface area contributed by atoms with Crippen molar-refractivity contribution >= 4 is 0 Å². The van der Waals surface area contributed by atoms with Crippen molar-refractivity contribution in [2.24, 2.45) is 5.73 Å². The Hall–Kier alpha value is -1.29. The summed E-state index contributed by atoms with van der Waals surface area (Å²) in [6.07, 6.45) is 0. The molecule has 1 aromatic carbocycles. The number of ether oxygens (including phenoxy) is 1. The van der Waals surface area contributed by atoms with Crippen LogP contribution in [0, 0.1) is 0 Å². The van der Waals surface area contributed by atoms with E-state index in [-0.39, 0.29) is 5.75 Å². The summed E-state index contributed by atoms with van der Waals surface area (Å²) >= 11 is 0. The molecule has 0 aliphatic carbocycles. The van der Waals surface area contributed by atoms with E-state index >= 15 is 0 Å². The van der Waals surface area contributed by atoms with Crippen LogP contribution >= 0.6 is 0 Å². The maximum absolute atomic E-state index is 12.3. The minimum absolute atomic E-state index is 0.0375. The molecular formula is C9H12FNO2. The zero-order valence-electron chi connectivity index (χ0n) is 7.33. The first-order chi connectivity index (χ1) is 6.20. The Morgan fingerprint density at radius 1 is 1.62 bits per heavy atom. The average Bonchev–Trinajstić information content (AvgIpc) is 2.16. The minimum Gasteiger partial charge on any atom is -0.507 e. The van der Waals surface area contributed by atoms with Crippen LogP contribution in [0.5, 0.6) is 11.5 Å². The molecule has 0 fully saturated rings. The van der Waals surface area contributed by atoms with Crippen molar-refractivity contribution in [3.8, 4) is 11.5 Å². The standard InChI is InChI=1S/C9H12FNO2/c1-13-8-4-2-3-7(12)9(8)6(11)5-10/h2-4,6,12H,5,11H2,1H3. The van der Waals surface area contributed by atoms with Gasteiger partial charge >= 0.3 is 0 Å². The Labute approximate surface area is 75.9 Å². The Kier molecular flexibility index (Phi) is 3.08. The van der Waals surface area contributed by atoms with Crippen molar-refractivity contribution in [3.05, 3.63) is 23.8 Å². The van der Waals surface area contributed by atoms with Crippen LogP contribution < -0.4 is 10.5 Å². The third-order valence-electron chi connectivity index (χ3n) is 1.80. The summed E-state index contributed by atoms with van der Waals surface area (Å²) in [5.74, 6) is 0.370. The molecule has 1 unspecified atom stereocenters. The third kappa shape index (κ3) is 1.89. The van der Waals surface area contributed by atoms with Gasteiger partial charge in [0.15, 0.2) is 0 Å². The predicted molar refractivity (Wildman–Crippen MR) is 47.6 cm³/mol. The molecule has 13 heavy (non-hydrogen) atoms. The van der Waals surface area contributed by atoms with E-state index in [0.29, 0.717) is 11.3 Å². The second-order valence-electron chi connectivity index (χ2n) is 2.65. The molecule has 4 heteroatoms. The highest BCUT2D eigenvalue weighted by Crippen LogP contribution is 2.31.